The summed E-state index contributed by atoms with van der Waals surface area (Å²) >= 11 is 0. The highest BCUT2D eigenvalue weighted by Gasteiger charge is 2.11. The molecule has 2 aromatic rings. The van der Waals surface area contributed by atoms with Crippen molar-refractivity contribution < 1.29 is 42.1 Å². The van der Waals surface area contributed by atoms with Crippen LogP contribution in [0, 0.1) is 0 Å². The Hall–Kier alpha value is -3.95. The van der Waals surface area contributed by atoms with Gasteiger partial charge in [0.25, 0.3) is 5.91 Å². The van der Waals surface area contributed by atoms with Crippen LogP contribution in [0.5, 0.6) is 11.5 Å². The lowest BCUT2D eigenvalue weighted by Gasteiger charge is -2.10. The fraction of sp³-hybridized carbons (Fsp3) is 0.190. The summed E-state index contributed by atoms with van der Waals surface area (Å²) in [5.74, 6) is -1.96. The maximum absolute atomic E-state index is 12.3. The minimum Gasteiger partial charge on any atom is -0.493 e. The van der Waals surface area contributed by atoms with Gasteiger partial charge < -0.3 is 24.3 Å². The van der Waals surface area contributed by atoms with Gasteiger partial charge in [-0.3, -0.25) is 4.79 Å². The van der Waals surface area contributed by atoms with E-state index < -0.39 is 31.1 Å². The SMILES string of the molecule is COC(=O)c1ccc(NC(=O)COC(=O)/C=C/c2ccc(OC(F)F)c(OC)c2)cc1. The Labute approximate surface area is 176 Å². The third-order valence-electron chi connectivity index (χ3n) is 3.75. The Balaban J connectivity index is 1.86. The first-order valence-electron chi connectivity index (χ1n) is 8.78. The van der Waals surface area contributed by atoms with Crippen molar-refractivity contribution in [1.82, 2.24) is 0 Å². The molecule has 0 unspecified atom stereocenters. The zero-order chi connectivity index (χ0) is 22.8. The van der Waals surface area contributed by atoms with Crippen molar-refractivity contribution in [2.45, 2.75) is 6.61 Å². The molecule has 0 fully saturated rings. The number of rotatable bonds is 9. The fourth-order valence-electron chi connectivity index (χ4n) is 2.33. The molecular formula is C21H19F2NO7. The lowest BCUT2D eigenvalue weighted by molar-refractivity contribution is -0.142. The lowest BCUT2D eigenvalue weighted by atomic mass is 10.2. The third-order valence-corrected chi connectivity index (χ3v) is 3.75. The molecule has 0 aliphatic rings. The van der Waals surface area contributed by atoms with Crippen molar-refractivity contribution in [3.05, 3.63) is 59.7 Å². The van der Waals surface area contributed by atoms with Crippen molar-refractivity contribution in [3.8, 4) is 11.5 Å². The molecule has 0 aliphatic carbocycles. The Morgan fingerprint density at radius 3 is 2.35 bits per heavy atom. The van der Waals surface area contributed by atoms with E-state index in [1.165, 1.54) is 62.8 Å². The molecule has 0 saturated carbocycles. The maximum atomic E-state index is 12.3. The molecular weight excluding hydrogens is 416 g/mol. The van der Waals surface area contributed by atoms with Gasteiger partial charge in [-0.05, 0) is 48.0 Å². The molecule has 10 heteroatoms. The van der Waals surface area contributed by atoms with Gasteiger partial charge >= 0.3 is 18.6 Å². The van der Waals surface area contributed by atoms with Gasteiger partial charge in [0.1, 0.15) is 0 Å². The van der Waals surface area contributed by atoms with Crippen LogP contribution in [0.2, 0.25) is 0 Å². The predicted molar refractivity (Wildman–Crippen MR) is 106 cm³/mol. The number of ether oxygens (including phenoxy) is 4. The molecule has 2 aromatic carbocycles. The summed E-state index contributed by atoms with van der Waals surface area (Å²) in [6.45, 7) is -3.53. The van der Waals surface area contributed by atoms with E-state index in [-0.39, 0.29) is 11.5 Å². The first kappa shape index (κ1) is 23.3. The summed E-state index contributed by atoms with van der Waals surface area (Å²) in [5, 5.41) is 2.51. The van der Waals surface area contributed by atoms with Crippen LogP contribution in [0.3, 0.4) is 0 Å². The zero-order valence-electron chi connectivity index (χ0n) is 16.6. The number of esters is 2. The van der Waals surface area contributed by atoms with E-state index in [1.54, 1.807) is 0 Å². The highest BCUT2D eigenvalue weighted by Crippen LogP contribution is 2.29. The third kappa shape index (κ3) is 7.42. The van der Waals surface area contributed by atoms with Crippen LogP contribution in [0.1, 0.15) is 15.9 Å². The molecule has 31 heavy (non-hydrogen) atoms. The second-order valence-electron chi connectivity index (χ2n) is 5.85. The van der Waals surface area contributed by atoms with Crippen LogP contribution >= 0.6 is 0 Å². The summed E-state index contributed by atoms with van der Waals surface area (Å²) in [4.78, 5) is 35.0. The van der Waals surface area contributed by atoms with Crippen LogP contribution in [0.25, 0.3) is 6.08 Å². The van der Waals surface area contributed by atoms with Crippen molar-refractivity contribution in [3.63, 3.8) is 0 Å². The number of amides is 1. The van der Waals surface area contributed by atoms with Crippen LogP contribution in [-0.2, 0) is 19.1 Å². The summed E-state index contributed by atoms with van der Waals surface area (Å²) in [7, 11) is 2.55. The molecule has 2 rings (SSSR count). The van der Waals surface area contributed by atoms with E-state index in [1.807, 2.05) is 0 Å². The first-order valence-corrected chi connectivity index (χ1v) is 8.78. The number of hydrogen-bond acceptors (Lipinski definition) is 7. The molecule has 0 saturated heterocycles. The lowest BCUT2D eigenvalue weighted by Crippen LogP contribution is -2.20. The molecule has 0 spiro atoms. The number of hydrogen-bond donors (Lipinski definition) is 1. The molecule has 0 aromatic heterocycles. The van der Waals surface area contributed by atoms with Crippen molar-refractivity contribution in [2.24, 2.45) is 0 Å². The summed E-state index contributed by atoms with van der Waals surface area (Å²) in [5.41, 5.74) is 1.19. The topological polar surface area (TPSA) is 100 Å². The zero-order valence-corrected chi connectivity index (χ0v) is 16.6. The van der Waals surface area contributed by atoms with Crippen molar-refractivity contribution >= 4 is 29.6 Å². The quantitative estimate of drug-likeness (QED) is 0.477. The van der Waals surface area contributed by atoms with E-state index in [0.29, 0.717) is 16.8 Å². The van der Waals surface area contributed by atoms with E-state index in [9.17, 15) is 23.2 Å². The summed E-state index contributed by atoms with van der Waals surface area (Å²) in [6, 6.07) is 10.1. The van der Waals surface area contributed by atoms with E-state index in [0.717, 1.165) is 6.08 Å². The minimum absolute atomic E-state index is 0.0633. The van der Waals surface area contributed by atoms with Gasteiger partial charge in [-0.2, -0.15) is 8.78 Å². The largest absolute Gasteiger partial charge is 0.493 e. The second-order valence-corrected chi connectivity index (χ2v) is 5.85. The first-order chi connectivity index (χ1) is 14.8. The number of carbonyl (C=O) groups excluding carboxylic acids is 3. The second kappa shape index (κ2) is 11.3. The van der Waals surface area contributed by atoms with Gasteiger partial charge in [0.05, 0.1) is 19.8 Å². The molecule has 1 N–H and O–H groups in total. The van der Waals surface area contributed by atoms with Crippen LogP contribution in [0.4, 0.5) is 14.5 Å². The van der Waals surface area contributed by atoms with E-state index >= 15 is 0 Å². The fourth-order valence-corrected chi connectivity index (χ4v) is 2.33. The van der Waals surface area contributed by atoms with E-state index in [4.69, 9.17) is 9.47 Å². The molecule has 1 amide bonds. The summed E-state index contributed by atoms with van der Waals surface area (Å²) < 4.78 is 43.4. The molecule has 164 valence electrons. The van der Waals surface area contributed by atoms with Crippen LogP contribution in [0.15, 0.2) is 48.5 Å². The highest BCUT2D eigenvalue weighted by molar-refractivity contribution is 5.95. The minimum atomic E-state index is -3.00. The van der Waals surface area contributed by atoms with Gasteiger partial charge in [0, 0.05) is 11.8 Å². The maximum Gasteiger partial charge on any atom is 0.387 e. The molecule has 8 nitrogen and oxygen atoms in total. The Bertz CT molecular complexity index is 959. The van der Waals surface area contributed by atoms with Gasteiger partial charge in [-0.1, -0.05) is 6.07 Å². The van der Waals surface area contributed by atoms with Gasteiger partial charge in [-0.15, -0.1) is 0 Å². The summed E-state index contributed by atoms with van der Waals surface area (Å²) in [6.07, 6.45) is 2.43. The molecule has 0 atom stereocenters. The molecule has 0 radical (unpaired) electrons. The number of halogens is 2. The molecule has 0 bridgehead atoms. The van der Waals surface area contributed by atoms with Crippen LogP contribution < -0.4 is 14.8 Å². The van der Waals surface area contributed by atoms with Crippen molar-refractivity contribution in [1.29, 1.82) is 0 Å². The number of anilines is 1. The molecule has 0 aliphatic heterocycles. The average Bonchev–Trinajstić information content (AvgIpc) is 2.76. The van der Waals surface area contributed by atoms with Gasteiger partial charge in [0.15, 0.2) is 18.1 Å². The smallest absolute Gasteiger partial charge is 0.387 e. The number of methoxy groups -OCH3 is 2. The van der Waals surface area contributed by atoms with Gasteiger partial charge in [-0.25, -0.2) is 9.59 Å². The number of carbonyl (C=O) groups is 3. The van der Waals surface area contributed by atoms with Crippen LogP contribution in [-0.4, -0.2) is 45.3 Å². The Kier molecular flexibility index (Phi) is 8.50. The predicted octanol–water partition coefficient (Wildman–Crippen LogP) is 3.28. The Morgan fingerprint density at radius 1 is 1.03 bits per heavy atom. The van der Waals surface area contributed by atoms with E-state index in [2.05, 4.69) is 14.8 Å². The number of benzene rings is 2. The monoisotopic (exact) mass is 435 g/mol. The van der Waals surface area contributed by atoms with Crippen molar-refractivity contribution in [2.75, 3.05) is 26.1 Å². The Morgan fingerprint density at radius 2 is 1.74 bits per heavy atom. The average molecular weight is 435 g/mol. The number of alkyl halides is 2. The standard InChI is InChI=1S/C21H19F2NO7/c1-28-17-11-13(3-9-16(17)31-21(22)23)4-10-19(26)30-12-18(25)24-15-7-5-14(6-8-15)20(27)29-2/h3-11,21H,12H2,1-2H3,(H,24,25)/b10-4+. The molecule has 0 heterocycles. The normalized spacial score (nSPS) is 10.6. The highest BCUT2D eigenvalue weighted by atomic mass is 19.3. The van der Waals surface area contributed by atoms with Gasteiger partial charge in [0.2, 0.25) is 0 Å². The number of nitrogens with one attached hydrogen (secondary N) is 1.